The van der Waals surface area contributed by atoms with E-state index in [2.05, 4.69) is 4.74 Å². The average molecular weight is 304 g/mol. The van der Waals surface area contributed by atoms with Gasteiger partial charge in [-0.3, -0.25) is 4.79 Å². The monoisotopic (exact) mass is 304 g/mol. The minimum Gasteiger partial charge on any atom is -0.469 e. The number of carbonyl (C=O) groups is 1. The van der Waals surface area contributed by atoms with Gasteiger partial charge in [-0.05, 0) is 36.1 Å². The molecule has 0 aromatic carbocycles. The van der Waals surface area contributed by atoms with Crippen molar-refractivity contribution in [2.24, 2.45) is 7.05 Å². The average Bonchev–Trinajstić information content (AvgIpc) is 3.06. The molecule has 1 unspecified atom stereocenters. The first-order valence-corrected chi connectivity index (χ1v) is 7.21. The number of aliphatic hydroxyl groups is 1. The van der Waals surface area contributed by atoms with Crippen molar-refractivity contribution < 1.29 is 14.6 Å². The quantitative estimate of drug-likeness (QED) is 0.691. The molecule has 2 rings (SSSR count). The van der Waals surface area contributed by atoms with Crippen molar-refractivity contribution in [1.82, 2.24) is 4.57 Å². The molecule has 1 N–H and O–H groups in total. The molecule has 0 aliphatic rings. The SMILES string of the molecule is COC(=O)Cc1ccc(C(O)(C#N)c2cc(C)cs2)n1C. The largest absolute Gasteiger partial charge is 0.469 e. The first-order chi connectivity index (χ1) is 9.92. The number of thiophene rings is 1. The van der Waals surface area contributed by atoms with Gasteiger partial charge in [-0.15, -0.1) is 11.3 Å². The lowest BCUT2D eigenvalue weighted by Crippen LogP contribution is -2.27. The van der Waals surface area contributed by atoms with Gasteiger partial charge in [0.15, 0.2) is 0 Å². The molecule has 1 atom stereocenters. The van der Waals surface area contributed by atoms with Crippen LogP contribution in [0.1, 0.15) is 21.8 Å². The molecule has 0 saturated heterocycles. The van der Waals surface area contributed by atoms with Gasteiger partial charge in [0, 0.05) is 12.7 Å². The van der Waals surface area contributed by atoms with Gasteiger partial charge in [0.25, 0.3) is 0 Å². The molecule has 21 heavy (non-hydrogen) atoms. The highest BCUT2D eigenvalue weighted by atomic mass is 32.1. The molecule has 0 spiro atoms. The Kier molecular flexibility index (Phi) is 4.16. The highest BCUT2D eigenvalue weighted by molar-refractivity contribution is 7.10. The molecule has 6 heteroatoms. The van der Waals surface area contributed by atoms with Gasteiger partial charge in [-0.25, -0.2) is 0 Å². The molecule has 0 bridgehead atoms. The zero-order valence-electron chi connectivity index (χ0n) is 12.1. The Morgan fingerprint density at radius 1 is 1.57 bits per heavy atom. The van der Waals surface area contributed by atoms with Gasteiger partial charge in [0.05, 0.1) is 24.1 Å². The number of nitriles is 1. The maximum atomic E-state index is 11.4. The van der Waals surface area contributed by atoms with Crippen LogP contribution in [0.25, 0.3) is 0 Å². The number of ether oxygens (including phenoxy) is 1. The summed E-state index contributed by atoms with van der Waals surface area (Å²) in [6.45, 7) is 1.91. The minimum atomic E-state index is -1.72. The number of hydrogen-bond donors (Lipinski definition) is 1. The van der Waals surface area contributed by atoms with Crippen LogP contribution in [-0.2, 0) is 28.6 Å². The van der Waals surface area contributed by atoms with E-state index in [1.54, 1.807) is 29.8 Å². The van der Waals surface area contributed by atoms with Gasteiger partial charge >= 0.3 is 5.97 Å². The van der Waals surface area contributed by atoms with Crippen molar-refractivity contribution >= 4 is 17.3 Å². The normalized spacial score (nSPS) is 13.5. The molecule has 0 aliphatic carbocycles. The van der Waals surface area contributed by atoms with Crippen molar-refractivity contribution in [2.45, 2.75) is 18.9 Å². The van der Waals surface area contributed by atoms with Crippen LogP contribution in [0.4, 0.5) is 0 Å². The Balaban J connectivity index is 2.45. The van der Waals surface area contributed by atoms with E-state index >= 15 is 0 Å². The molecule has 0 aliphatic heterocycles. The number of aromatic nitrogens is 1. The van der Waals surface area contributed by atoms with E-state index in [0.717, 1.165) is 5.56 Å². The van der Waals surface area contributed by atoms with Gasteiger partial charge in [0.2, 0.25) is 5.60 Å². The zero-order valence-corrected chi connectivity index (χ0v) is 12.9. The lowest BCUT2D eigenvalue weighted by atomic mass is 9.99. The second-order valence-corrected chi connectivity index (χ2v) is 5.74. The fourth-order valence-electron chi connectivity index (χ4n) is 2.17. The second-order valence-electron chi connectivity index (χ2n) is 4.83. The van der Waals surface area contributed by atoms with Crippen LogP contribution in [0.3, 0.4) is 0 Å². The van der Waals surface area contributed by atoms with E-state index < -0.39 is 5.60 Å². The van der Waals surface area contributed by atoms with Crippen molar-refractivity contribution in [3.8, 4) is 6.07 Å². The number of hydrogen-bond acceptors (Lipinski definition) is 5. The fourth-order valence-corrected chi connectivity index (χ4v) is 3.13. The zero-order chi connectivity index (χ0) is 15.6. The molecule has 0 saturated carbocycles. The van der Waals surface area contributed by atoms with E-state index in [0.29, 0.717) is 16.3 Å². The predicted molar refractivity (Wildman–Crippen MR) is 78.8 cm³/mol. The van der Waals surface area contributed by atoms with Crippen LogP contribution in [0.15, 0.2) is 23.6 Å². The van der Waals surface area contributed by atoms with E-state index in [-0.39, 0.29) is 12.4 Å². The molecule has 0 fully saturated rings. The van der Waals surface area contributed by atoms with E-state index in [1.807, 2.05) is 18.4 Å². The summed E-state index contributed by atoms with van der Waals surface area (Å²) in [5, 5.41) is 22.1. The van der Waals surface area contributed by atoms with Gasteiger partial charge in [-0.2, -0.15) is 5.26 Å². The maximum absolute atomic E-state index is 11.4. The standard InChI is InChI=1S/C15H16N2O3S/c1-10-6-13(21-8-10)15(19,9-16)12-5-4-11(17(12)2)7-14(18)20-3/h4-6,8,19H,7H2,1-3H3. The van der Waals surface area contributed by atoms with Crippen LogP contribution < -0.4 is 0 Å². The lowest BCUT2D eigenvalue weighted by molar-refractivity contribution is -0.139. The molecule has 0 radical (unpaired) electrons. The molecule has 5 nitrogen and oxygen atoms in total. The summed E-state index contributed by atoms with van der Waals surface area (Å²) in [6.07, 6.45) is 0.0952. The molecule has 110 valence electrons. The number of carbonyl (C=O) groups excluding carboxylic acids is 1. The van der Waals surface area contributed by atoms with Crippen molar-refractivity contribution in [3.63, 3.8) is 0 Å². The first kappa shape index (κ1) is 15.3. The van der Waals surface area contributed by atoms with Gasteiger partial charge in [0.1, 0.15) is 6.07 Å². The summed E-state index contributed by atoms with van der Waals surface area (Å²) in [5.41, 5.74) is 0.388. The van der Waals surface area contributed by atoms with Gasteiger partial charge < -0.3 is 14.4 Å². The third kappa shape index (κ3) is 2.71. The summed E-state index contributed by atoms with van der Waals surface area (Å²) in [6, 6.07) is 7.15. The summed E-state index contributed by atoms with van der Waals surface area (Å²) in [7, 11) is 3.04. The van der Waals surface area contributed by atoms with E-state index in [1.165, 1.54) is 18.4 Å². The van der Waals surface area contributed by atoms with E-state index in [9.17, 15) is 15.2 Å². The second kappa shape index (κ2) is 5.72. The van der Waals surface area contributed by atoms with Crippen molar-refractivity contribution in [2.75, 3.05) is 7.11 Å². The highest BCUT2D eigenvalue weighted by Gasteiger charge is 2.36. The Labute approximate surface area is 127 Å². The van der Waals surface area contributed by atoms with Crippen LogP contribution in [-0.4, -0.2) is 22.8 Å². The first-order valence-electron chi connectivity index (χ1n) is 6.33. The summed E-state index contributed by atoms with van der Waals surface area (Å²) in [5.74, 6) is -0.366. The lowest BCUT2D eigenvalue weighted by Gasteiger charge is -2.20. The summed E-state index contributed by atoms with van der Waals surface area (Å²) in [4.78, 5) is 11.9. The molecule has 2 heterocycles. The Hall–Kier alpha value is -2.10. The summed E-state index contributed by atoms with van der Waals surface area (Å²) < 4.78 is 6.30. The van der Waals surface area contributed by atoms with Crippen LogP contribution in [0.5, 0.6) is 0 Å². The highest BCUT2D eigenvalue weighted by Crippen LogP contribution is 2.34. The molecular weight excluding hydrogens is 288 g/mol. The van der Waals surface area contributed by atoms with Crippen molar-refractivity contribution in [1.29, 1.82) is 5.26 Å². The Morgan fingerprint density at radius 2 is 2.29 bits per heavy atom. The topological polar surface area (TPSA) is 75.2 Å². The smallest absolute Gasteiger partial charge is 0.311 e. The molecule has 2 aromatic rings. The molecule has 0 amide bonds. The van der Waals surface area contributed by atoms with Gasteiger partial charge in [-0.1, -0.05) is 0 Å². The third-order valence-electron chi connectivity index (χ3n) is 3.40. The Bertz CT molecular complexity index is 711. The van der Waals surface area contributed by atoms with Crippen LogP contribution >= 0.6 is 11.3 Å². The number of aryl methyl sites for hydroxylation is 1. The molecule has 2 aromatic heterocycles. The van der Waals surface area contributed by atoms with Crippen LogP contribution in [0, 0.1) is 18.3 Å². The predicted octanol–water partition coefficient (Wildman–Crippen LogP) is 1.87. The third-order valence-corrected chi connectivity index (χ3v) is 4.56. The van der Waals surface area contributed by atoms with E-state index in [4.69, 9.17) is 0 Å². The maximum Gasteiger partial charge on any atom is 0.311 e. The number of methoxy groups -OCH3 is 1. The van der Waals surface area contributed by atoms with Crippen LogP contribution in [0.2, 0.25) is 0 Å². The number of rotatable bonds is 4. The minimum absolute atomic E-state index is 0.0952. The van der Waals surface area contributed by atoms with Crippen molar-refractivity contribution in [3.05, 3.63) is 45.4 Å². The summed E-state index contributed by atoms with van der Waals surface area (Å²) >= 11 is 1.33. The molecular formula is C15H16N2O3S. The Morgan fingerprint density at radius 3 is 2.81 bits per heavy atom. The number of nitrogens with zero attached hydrogens (tertiary/aromatic N) is 2. The fraction of sp³-hybridized carbons (Fsp3) is 0.333. The number of esters is 1.